The van der Waals surface area contributed by atoms with Gasteiger partial charge in [0.15, 0.2) is 5.78 Å². The molecule has 7 aromatic rings. The van der Waals surface area contributed by atoms with Crippen LogP contribution in [0.15, 0.2) is 133 Å². The Morgan fingerprint density at radius 1 is 0.500 bits per heavy atom. The molecule has 0 saturated carbocycles. The van der Waals surface area contributed by atoms with Gasteiger partial charge < -0.3 is 0 Å². The van der Waals surface area contributed by atoms with E-state index in [4.69, 9.17) is 0 Å². The van der Waals surface area contributed by atoms with Crippen molar-refractivity contribution in [3.8, 4) is 33.4 Å². The predicted molar refractivity (Wildman–Crippen MR) is 187 cm³/mol. The van der Waals surface area contributed by atoms with Crippen LogP contribution in [0.1, 0.15) is 53.7 Å². The number of hydrogen-bond acceptors (Lipinski definition) is 2. The first kappa shape index (κ1) is 26.8. The molecule has 0 aliphatic heterocycles. The molecule has 44 heavy (non-hydrogen) atoms. The van der Waals surface area contributed by atoms with Crippen LogP contribution in [0.2, 0.25) is 0 Å². The van der Waals surface area contributed by atoms with Crippen LogP contribution in [0.4, 0.5) is 0 Å². The Morgan fingerprint density at radius 2 is 1.07 bits per heavy atom. The van der Waals surface area contributed by atoms with Gasteiger partial charge in [-0.15, -0.1) is 11.3 Å². The highest BCUT2D eigenvalue weighted by molar-refractivity contribution is 7.26. The van der Waals surface area contributed by atoms with Gasteiger partial charge in [0.05, 0.1) is 0 Å². The molecule has 0 fully saturated rings. The lowest BCUT2D eigenvalue weighted by molar-refractivity contribution is 0.102. The van der Waals surface area contributed by atoms with E-state index in [1.807, 2.05) is 23.5 Å². The summed E-state index contributed by atoms with van der Waals surface area (Å²) in [4.78, 5) is 13.6. The number of benzene rings is 6. The summed E-state index contributed by atoms with van der Waals surface area (Å²) < 4.78 is 2.66. The highest BCUT2D eigenvalue weighted by atomic mass is 32.1. The van der Waals surface area contributed by atoms with E-state index in [9.17, 15) is 4.79 Å². The molecule has 0 N–H and O–H groups in total. The van der Waals surface area contributed by atoms with E-state index in [-0.39, 0.29) is 11.2 Å². The zero-order chi connectivity index (χ0) is 29.8. The van der Waals surface area contributed by atoms with E-state index in [1.165, 1.54) is 48.0 Å². The van der Waals surface area contributed by atoms with E-state index in [2.05, 4.69) is 135 Å². The molecule has 0 bridgehead atoms. The summed E-state index contributed by atoms with van der Waals surface area (Å²) in [6, 6.07) is 47.7. The second kappa shape index (κ2) is 10.4. The lowest BCUT2D eigenvalue weighted by Gasteiger charge is -2.39. The third kappa shape index (κ3) is 4.02. The SMILES string of the molecule is CCC1(CC)c2ccccc2C(=O)c2ccc(-c3cccc(-c4cccc(-c5cccc6c5sc5ccccc56)c4)c3)cc21. The van der Waals surface area contributed by atoms with Gasteiger partial charge in [0.25, 0.3) is 0 Å². The molecule has 0 saturated heterocycles. The van der Waals surface area contributed by atoms with Crippen LogP contribution in [0.25, 0.3) is 53.6 Å². The summed E-state index contributed by atoms with van der Waals surface area (Å²) in [5.41, 5.74) is 11.0. The number of rotatable bonds is 5. The minimum atomic E-state index is -0.171. The van der Waals surface area contributed by atoms with Gasteiger partial charge in [-0.3, -0.25) is 4.79 Å². The van der Waals surface area contributed by atoms with E-state index in [0.29, 0.717) is 0 Å². The average molecular weight is 585 g/mol. The molecule has 1 heterocycles. The molecule has 6 aromatic carbocycles. The lowest BCUT2D eigenvalue weighted by Crippen LogP contribution is -2.34. The van der Waals surface area contributed by atoms with Gasteiger partial charge in [0, 0.05) is 36.7 Å². The van der Waals surface area contributed by atoms with E-state index in [1.54, 1.807) is 0 Å². The molecule has 2 heteroatoms. The van der Waals surface area contributed by atoms with Crippen LogP contribution in [-0.4, -0.2) is 5.78 Å². The number of fused-ring (bicyclic) bond motifs is 5. The first-order valence-electron chi connectivity index (χ1n) is 15.5. The van der Waals surface area contributed by atoms with Crippen LogP contribution in [0, 0.1) is 0 Å². The summed E-state index contributed by atoms with van der Waals surface area (Å²) in [6.45, 7) is 4.50. The van der Waals surface area contributed by atoms with Crippen molar-refractivity contribution < 1.29 is 4.79 Å². The smallest absolute Gasteiger partial charge is 0.193 e. The monoisotopic (exact) mass is 584 g/mol. The maximum atomic E-state index is 13.6. The van der Waals surface area contributed by atoms with Gasteiger partial charge in [-0.1, -0.05) is 123 Å². The molecular weight excluding hydrogens is 553 g/mol. The molecule has 0 atom stereocenters. The fourth-order valence-electron chi connectivity index (χ4n) is 7.44. The molecule has 0 amide bonds. The quantitative estimate of drug-likeness (QED) is 0.197. The molecule has 1 aromatic heterocycles. The molecule has 212 valence electrons. The zero-order valence-electron chi connectivity index (χ0n) is 24.9. The van der Waals surface area contributed by atoms with Crippen molar-refractivity contribution in [2.24, 2.45) is 0 Å². The summed E-state index contributed by atoms with van der Waals surface area (Å²) in [7, 11) is 0. The van der Waals surface area contributed by atoms with Crippen LogP contribution in [-0.2, 0) is 5.41 Å². The van der Waals surface area contributed by atoms with Crippen molar-refractivity contribution >= 4 is 37.3 Å². The summed E-state index contributed by atoms with van der Waals surface area (Å²) in [5, 5.41) is 2.64. The molecule has 1 aliphatic carbocycles. The number of carbonyl (C=O) groups is 1. The van der Waals surface area contributed by atoms with Crippen molar-refractivity contribution in [3.63, 3.8) is 0 Å². The largest absolute Gasteiger partial charge is 0.289 e. The third-order valence-corrected chi connectivity index (χ3v) is 11.0. The summed E-state index contributed by atoms with van der Waals surface area (Å²) >= 11 is 1.87. The second-order valence-corrected chi connectivity index (χ2v) is 12.9. The summed E-state index contributed by atoms with van der Waals surface area (Å²) in [6.07, 6.45) is 1.90. The number of hydrogen-bond donors (Lipinski definition) is 0. The average Bonchev–Trinajstić information content (AvgIpc) is 3.48. The van der Waals surface area contributed by atoms with Gasteiger partial charge >= 0.3 is 0 Å². The van der Waals surface area contributed by atoms with E-state index in [0.717, 1.165) is 40.7 Å². The molecule has 8 rings (SSSR count). The number of carbonyl (C=O) groups excluding carboxylic acids is 1. The van der Waals surface area contributed by atoms with Crippen LogP contribution >= 0.6 is 11.3 Å². The van der Waals surface area contributed by atoms with Gasteiger partial charge in [0.2, 0.25) is 0 Å². The maximum absolute atomic E-state index is 13.6. The van der Waals surface area contributed by atoms with Crippen LogP contribution in [0.3, 0.4) is 0 Å². The zero-order valence-corrected chi connectivity index (χ0v) is 25.7. The predicted octanol–water partition coefficient (Wildman–Crippen LogP) is 11.7. The first-order chi connectivity index (χ1) is 21.6. The minimum absolute atomic E-state index is 0.138. The second-order valence-electron chi connectivity index (χ2n) is 11.9. The topological polar surface area (TPSA) is 17.1 Å². The Morgan fingerprint density at radius 3 is 1.84 bits per heavy atom. The molecule has 0 spiro atoms. The fourth-order valence-corrected chi connectivity index (χ4v) is 8.68. The van der Waals surface area contributed by atoms with Crippen molar-refractivity contribution in [2.45, 2.75) is 32.1 Å². The van der Waals surface area contributed by atoms with Gasteiger partial charge in [-0.2, -0.15) is 0 Å². The Kier molecular flexibility index (Phi) is 6.36. The molecule has 0 radical (unpaired) electrons. The molecule has 1 nitrogen and oxygen atoms in total. The Bertz CT molecular complexity index is 2230. The fraction of sp³-hybridized carbons (Fsp3) is 0.119. The Hall–Kier alpha value is -4.79. The van der Waals surface area contributed by atoms with E-state index >= 15 is 0 Å². The Balaban J connectivity index is 1.21. The standard InChI is InChI=1S/C42H32OS/c1-3-42(4-2)37-20-7-5-17-35(37)40(43)36-23-22-30(26-38(36)42)28-13-9-12-27(24-28)29-14-10-15-31(25-29)32-18-11-19-34-33-16-6-8-21-39(33)44-41(32)34/h5-26H,3-4H2,1-2H3. The van der Waals surface area contributed by atoms with Crippen molar-refractivity contribution in [1.82, 2.24) is 0 Å². The van der Waals surface area contributed by atoms with Crippen LogP contribution in [0.5, 0.6) is 0 Å². The number of ketones is 1. The normalized spacial score (nSPS) is 13.6. The maximum Gasteiger partial charge on any atom is 0.193 e. The van der Waals surface area contributed by atoms with Crippen LogP contribution < -0.4 is 0 Å². The highest BCUT2D eigenvalue weighted by Crippen LogP contribution is 2.47. The number of thiophene rings is 1. The molecule has 1 aliphatic rings. The molecule has 0 unspecified atom stereocenters. The highest BCUT2D eigenvalue weighted by Gasteiger charge is 2.41. The molecular formula is C42H32OS. The van der Waals surface area contributed by atoms with Gasteiger partial charge in [-0.05, 0) is 81.6 Å². The minimum Gasteiger partial charge on any atom is -0.289 e. The van der Waals surface area contributed by atoms with Gasteiger partial charge in [-0.25, -0.2) is 0 Å². The van der Waals surface area contributed by atoms with Crippen molar-refractivity contribution in [3.05, 3.63) is 156 Å². The van der Waals surface area contributed by atoms with Crippen molar-refractivity contribution in [1.29, 1.82) is 0 Å². The Labute approximate surface area is 262 Å². The van der Waals surface area contributed by atoms with E-state index < -0.39 is 0 Å². The third-order valence-electron chi connectivity index (χ3n) is 9.78. The first-order valence-corrected chi connectivity index (χ1v) is 16.3. The van der Waals surface area contributed by atoms with Crippen molar-refractivity contribution in [2.75, 3.05) is 0 Å². The van der Waals surface area contributed by atoms with Gasteiger partial charge in [0.1, 0.15) is 0 Å². The lowest BCUT2D eigenvalue weighted by atomic mass is 9.63. The summed E-state index contributed by atoms with van der Waals surface area (Å²) in [5.74, 6) is 0.138.